The van der Waals surface area contributed by atoms with Gasteiger partial charge in [0.25, 0.3) is 5.69 Å². The van der Waals surface area contributed by atoms with E-state index in [4.69, 9.17) is 4.74 Å². The van der Waals surface area contributed by atoms with Crippen molar-refractivity contribution in [1.29, 1.82) is 0 Å². The van der Waals surface area contributed by atoms with Crippen molar-refractivity contribution in [2.45, 2.75) is 6.92 Å². The van der Waals surface area contributed by atoms with Crippen LogP contribution in [0.5, 0.6) is 11.5 Å². The molecule has 0 heterocycles. The molecule has 1 amide bonds. The van der Waals surface area contributed by atoms with Crippen molar-refractivity contribution < 1.29 is 22.9 Å². The molecule has 3 rings (SSSR count). The van der Waals surface area contributed by atoms with Gasteiger partial charge < -0.3 is 10.1 Å². The maximum atomic E-state index is 12.6. The predicted molar refractivity (Wildman–Crippen MR) is 122 cm³/mol. The number of nitro groups is 1. The first-order valence-electron chi connectivity index (χ1n) is 9.49. The van der Waals surface area contributed by atoms with Crippen LogP contribution < -0.4 is 14.4 Å². The van der Waals surface area contributed by atoms with Crippen LogP contribution in [0.25, 0.3) is 0 Å². The fraction of sp³-hybridized carbons (Fsp3) is 0.136. The quantitative estimate of drug-likeness (QED) is 0.403. The fourth-order valence-corrected chi connectivity index (χ4v) is 3.83. The summed E-state index contributed by atoms with van der Waals surface area (Å²) in [4.78, 5) is 23.0. The molecule has 0 aliphatic heterocycles. The summed E-state index contributed by atoms with van der Waals surface area (Å²) in [6.07, 6.45) is 0.939. The predicted octanol–water partition coefficient (Wildman–Crippen LogP) is 4.10. The number of nitrogens with one attached hydrogen (secondary N) is 1. The molecule has 9 nitrogen and oxygen atoms in total. The van der Waals surface area contributed by atoms with Gasteiger partial charge in [0.1, 0.15) is 18.0 Å². The van der Waals surface area contributed by atoms with Gasteiger partial charge in [0.05, 0.1) is 16.9 Å². The zero-order valence-corrected chi connectivity index (χ0v) is 18.2. The largest absolute Gasteiger partial charge is 0.457 e. The Kier molecular flexibility index (Phi) is 6.74. The van der Waals surface area contributed by atoms with E-state index in [0.29, 0.717) is 22.7 Å². The second-order valence-electron chi connectivity index (χ2n) is 6.99. The van der Waals surface area contributed by atoms with Crippen molar-refractivity contribution in [2.24, 2.45) is 0 Å². The number of nitro benzene ring substituents is 1. The van der Waals surface area contributed by atoms with E-state index in [9.17, 15) is 23.3 Å². The molecule has 0 aliphatic carbocycles. The minimum absolute atomic E-state index is 0.0726. The molecule has 0 saturated carbocycles. The van der Waals surface area contributed by atoms with Gasteiger partial charge in [-0.15, -0.1) is 0 Å². The minimum atomic E-state index is -3.88. The van der Waals surface area contributed by atoms with E-state index in [-0.39, 0.29) is 11.4 Å². The molecule has 0 bridgehead atoms. The number of nitrogens with zero attached hydrogens (tertiary/aromatic N) is 2. The van der Waals surface area contributed by atoms with Crippen LogP contribution in [0.3, 0.4) is 0 Å². The number of carbonyl (C=O) groups is 1. The fourth-order valence-electron chi connectivity index (χ4n) is 2.92. The molecule has 0 fully saturated rings. The van der Waals surface area contributed by atoms with Crippen LogP contribution in [0.15, 0.2) is 72.8 Å². The highest BCUT2D eigenvalue weighted by molar-refractivity contribution is 7.92. The maximum Gasteiger partial charge on any atom is 0.271 e. The third-order valence-electron chi connectivity index (χ3n) is 4.48. The van der Waals surface area contributed by atoms with Crippen LogP contribution in [0.4, 0.5) is 17.1 Å². The van der Waals surface area contributed by atoms with E-state index < -0.39 is 27.4 Å². The van der Waals surface area contributed by atoms with Crippen molar-refractivity contribution in [3.8, 4) is 11.5 Å². The summed E-state index contributed by atoms with van der Waals surface area (Å²) in [5.41, 5.74) is 0.730. The molecule has 10 heteroatoms. The van der Waals surface area contributed by atoms with Crippen LogP contribution in [-0.4, -0.2) is 32.0 Å². The van der Waals surface area contributed by atoms with E-state index in [0.717, 1.165) is 16.6 Å². The number of ether oxygens (including phenoxy) is 1. The van der Waals surface area contributed by atoms with E-state index in [1.54, 1.807) is 31.2 Å². The Hall–Kier alpha value is -3.92. The molecule has 0 radical (unpaired) electrons. The van der Waals surface area contributed by atoms with E-state index in [1.165, 1.54) is 12.1 Å². The molecule has 0 spiro atoms. The van der Waals surface area contributed by atoms with E-state index in [1.807, 2.05) is 30.3 Å². The lowest BCUT2D eigenvalue weighted by atomic mass is 10.2. The molecule has 166 valence electrons. The summed E-state index contributed by atoms with van der Waals surface area (Å²) < 4.78 is 31.2. The maximum absolute atomic E-state index is 12.6. The third-order valence-corrected chi connectivity index (χ3v) is 5.60. The molecule has 0 aliphatic rings. The zero-order valence-electron chi connectivity index (χ0n) is 17.4. The van der Waals surface area contributed by atoms with Gasteiger partial charge in [0, 0.05) is 17.8 Å². The number of amides is 1. The summed E-state index contributed by atoms with van der Waals surface area (Å²) >= 11 is 0. The number of rotatable bonds is 8. The lowest BCUT2D eigenvalue weighted by molar-refractivity contribution is -0.384. The van der Waals surface area contributed by atoms with Crippen LogP contribution in [0.1, 0.15) is 5.56 Å². The molecular formula is C22H21N3O6S. The Morgan fingerprint density at radius 1 is 1.03 bits per heavy atom. The standard InChI is InChI=1S/C22H21N3O6S/c1-16-8-11-18(25(27)28)14-21(16)24(32(2,29)30)15-22(26)23-17-9-12-20(13-10-17)31-19-6-4-3-5-7-19/h3-14H,15H2,1-2H3,(H,23,26). The number of anilines is 2. The van der Waals surface area contributed by atoms with Gasteiger partial charge in [-0.05, 0) is 48.9 Å². The number of aryl methyl sites for hydroxylation is 1. The first-order chi connectivity index (χ1) is 15.1. The van der Waals surface area contributed by atoms with Crippen LogP contribution in [-0.2, 0) is 14.8 Å². The van der Waals surface area contributed by atoms with Gasteiger partial charge in [0.2, 0.25) is 15.9 Å². The second-order valence-corrected chi connectivity index (χ2v) is 8.89. The molecule has 0 atom stereocenters. The Bertz CT molecular complexity index is 1230. The number of sulfonamides is 1. The van der Waals surface area contributed by atoms with Crippen molar-refractivity contribution in [3.63, 3.8) is 0 Å². The highest BCUT2D eigenvalue weighted by atomic mass is 32.2. The Morgan fingerprint density at radius 3 is 2.25 bits per heavy atom. The monoisotopic (exact) mass is 455 g/mol. The molecule has 3 aromatic carbocycles. The third kappa shape index (κ3) is 5.82. The highest BCUT2D eigenvalue weighted by Crippen LogP contribution is 2.28. The summed E-state index contributed by atoms with van der Waals surface area (Å²) in [6.45, 7) is 1.07. The van der Waals surface area contributed by atoms with Crippen molar-refractivity contribution >= 4 is 33.0 Å². The molecule has 32 heavy (non-hydrogen) atoms. The van der Waals surface area contributed by atoms with Crippen LogP contribution >= 0.6 is 0 Å². The lowest BCUT2D eigenvalue weighted by Gasteiger charge is -2.23. The Balaban J connectivity index is 1.74. The number of carbonyl (C=O) groups excluding carboxylic acids is 1. The van der Waals surface area contributed by atoms with Crippen molar-refractivity contribution in [2.75, 3.05) is 22.4 Å². The molecule has 0 unspecified atom stereocenters. The van der Waals surface area contributed by atoms with E-state index in [2.05, 4.69) is 5.32 Å². The van der Waals surface area contributed by atoms with Crippen molar-refractivity contribution in [1.82, 2.24) is 0 Å². The first-order valence-corrected chi connectivity index (χ1v) is 11.3. The topological polar surface area (TPSA) is 119 Å². The van der Waals surface area contributed by atoms with E-state index >= 15 is 0 Å². The summed E-state index contributed by atoms with van der Waals surface area (Å²) in [5, 5.41) is 13.7. The average molecular weight is 455 g/mol. The van der Waals surface area contributed by atoms with Gasteiger partial charge in [-0.3, -0.25) is 19.2 Å². The minimum Gasteiger partial charge on any atom is -0.457 e. The number of para-hydroxylation sites is 1. The molecular weight excluding hydrogens is 434 g/mol. The number of hydrogen-bond acceptors (Lipinski definition) is 6. The van der Waals surface area contributed by atoms with Crippen molar-refractivity contribution in [3.05, 3.63) is 88.5 Å². The van der Waals surface area contributed by atoms with Gasteiger partial charge >= 0.3 is 0 Å². The SMILES string of the molecule is Cc1ccc([N+](=O)[O-])cc1N(CC(=O)Nc1ccc(Oc2ccccc2)cc1)S(C)(=O)=O. The highest BCUT2D eigenvalue weighted by Gasteiger charge is 2.24. The average Bonchev–Trinajstić information content (AvgIpc) is 2.74. The lowest BCUT2D eigenvalue weighted by Crippen LogP contribution is -2.37. The van der Waals surface area contributed by atoms with Gasteiger partial charge in [-0.2, -0.15) is 0 Å². The van der Waals surface area contributed by atoms with Gasteiger partial charge in [-0.1, -0.05) is 24.3 Å². The van der Waals surface area contributed by atoms with Crippen LogP contribution in [0.2, 0.25) is 0 Å². The number of benzene rings is 3. The molecule has 0 saturated heterocycles. The Labute approximate surface area is 185 Å². The molecule has 0 aromatic heterocycles. The molecule has 1 N–H and O–H groups in total. The zero-order chi connectivity index (χ0) is 23.3. The van der Waals surface area contributed by atoms with Gasteiger partial charge in [0.15, 0.2) is 0 Å². The Morgan fingerprint density at radius 2 is 1.66 bits per heavy atom. The molecule has 3 aromatic rings. The van der Waals surface area contributed by atoms with Crippen LogP contribution in [0, 0.1) is 17.0 Å². The second kappa shape index (κ2) is 9.48. The smallest absolute Gasteiger partial charge is 0.271 e. The number of hydrogen-bond donors (Lipinski definition) is 1. The first kappa shape index (κ1) is 22.8. The summed E-state index contributed by atoms with van der Waals surface area (Å²) in [7, 11) is -3.88. The van der Waals surface area contributed by atoms with Gasteiger partial charge in [-0.25, -0.2) is 8.42 Å². The summed E-state index contributed by atoms with van der Waals surface area (Å²) in [5.74, 6) is 0.637. The number of non-ortho nitro benzene ring substituents is 1. The summed E-state index contributed by atoms with van der Waals surface area (Å²) in [6, 6.07) is 19.6. The normalized spacial score (nSPS) is 10.9.